The van der Waals surface area contributed by atoms with E-state index >= 15 is 0 Å². The van der Waals surface area contributed by atoms with Gasteiger partial charge in [0.2, 0.25) is 0 Å². The quantitative estimate of drug-likeness (QED) is 0.815. The first-order chi connectivity index (χ1) is 8.70. The molecule has 18 heavy (non-hydrogen) atoms. The maximum atomic E-state index is 13.2. The van der Waals surface area contributed by atoms with Crippen molar-refractivity contribution in [3.63, 3.8) is 0 Å². The van der Waals surface area contributed by atoms with Gasteiger partial charge in [0, 0.05) is 24.0 Å². The van der Waals surface area contributed by atoms with Gasteiger partial charge < -0.3 is 15.8 Å². The molecule has 0 bridgehead atoms. The predicted octanol–water partition coefficient (Wildman–Crippen LogP) is 3.03. The zero-order valence-corrected chi connectivity index (χ0v) is 10.1. The zero-order valence-electron chi connectivity index (χ0n) is 10.1. The number of ether oxygens (including phenoxy) is 1. The first-order valence-electron chi connectivity index (χ1n) is 5.61. The molecule has 3 nitrogen and oxygen atoms in total. The SMILES string of the molecule is COc1cc(NCc2ccccc2N)ccc1F. The van der Waals surface area contributed by atoms with Gasteiger partial charge in [-0.3, -0.25) is 0 Å². The molecule has 0 fully saturated rings. The number of hydrogen-bond acceptors (Lipinski definition) is 3. The van der Waals surface area contributed by atoms with Crippen LogP contribution in [0.1, 0.15) is 5.56 Å². The van der Waals surface area contributed by atoms with E-state index in [-0.39, 0.29) is 11.6 Å². The Morgan fingerprint density at radius 3 is 2.72 bits per heavy atom. The minimum absolute atomic E-state index is 0.223. The van der Waals surface area contributed by atoms with Crippen molar-refractivity contribution in [1.82, 2.24) is 0 Å². The lowest BCUT2D eigenvalue weighted by Gasteiger charge is -2.10. The van der Waals surface area contributed by atoms with Gasteiger partial charge >= 0.3 is 0 Å². The summed E-state index contributed by atoms with van der Waals surface area (Å²) >= 11 is 0. The average molecular weight is 246 g/mol. The summed E-state index contributed by atoms with van der Waals surface area (Å²) in [6.07, 6.45) is 0. The number of nitrogens with one attached hydrogen (secondary N) is 1. The molecule has 0 amide bonds. The molecule has 3 N–H and O–H groups in total. The molecule has 0 saturated carbocycles. The van der Waals surface area contributed by atoms with E-state index in [0.717, 1.165) is 16.9 Å². The molecule has 0 unspecified atom stereocenters. The molecule has 94 valence electrons. The Morgan fingerprint density at radius 2 is 2.00 bits per heavy atom. The van der Waals surface area contributed by atoms with Gasteiger partial charge in [-0.2, -0.15) is 0 Å². The van der Waals surface area contributed by atoms with Gasteiger partial charge in [-0.15, -0.1) is 0 Å². The minimum Gasteiger partial charge on any atom is -0.494 e. The molecule has 0 radical (unpaired) electrons. The smallest absolute Gasteiger partial charge is 0.165 e. The summed E-state index contributed by atoms with van der Waals surface area (Å²) in [5.74, 6) is -0.150. The second-order valence-electron chi connectivity index (χ2n) is 3.90. The fourth-order valence-electron chi connectivity index (χ4n) is 1.66. The fraction of sp³-hybridized carbons (Fsp3) is 0.143. The number of anilines is 2. The highest BCUT2D eigenvalue weighted by atomic mass is 19.1. The number of halogens is 1. The van der Waals surface area contributed by atoms with Crippen LogP contribution in [0.15, 0.2) is 42.5 Å². The third-order valence-corrected chi connectivity index (χ3v) is 2.69. The summed E-state index contributed by atoms with van der Waals surface area (Å²) in [7, 11) is 1.44. The third kappa shape index (κ3) is 2.71. The molecule has 0 aromatic heterocycles. The molecule has 2 rings (SSSR count). The topological polar surface area (TPSA) is 47.3 Å². The second kappa shape index (κ2) is 5.40. The number of methoxy groups -OCH3 is 1. The molecule has 0 atom stereocenters. The number of nitrogen functional groups attached to an aromatic ring is 1. The van der Waals surface area contributed by atoms with E-state index < -0.39 is 0 Å². The summed E-state index contributed by atoms with van der Waals surface area (Å²) in [6, 6.07) is 12.3. The van der Waals surface area contributed by atoms with E-state index in [9.17, 15) is 4.39 Å². The monoisotopic (exact) mass is 246 g/mol. The van der Waals surface area contributed by atoms with Crippen molar-refractivity contribution in [3.8, 4) is 5.75 Å². The molecule has 0 aliphatic heterocycles. The maximum Gasteiger partial charge on any atom is 0.165 e. The molecule has 0 heterocycles. The van der Waals surface area contributed by atoms with Gasteiger partial charge in [-0.1, -0.05) is 18.2 Å². The Hall–Kier alpha value is -2.23. The van der Waals surface area contributed by atoms with Crippen LogP contribution in [-0.2, 0) is 6.54 Å². The normalized spacial score (nSPS) is 10.1. The van der Waals surface area contributed by atoms with Crippen LogP contribution in [-0.4, -0.2) is 7.11 Å². The summed E-state index contributed by atoms with van der Waals surface area (Å²) in [4.78, 5) is 0. The minimum atomic E-state index is -0.373. The Labute approximate surface area is 105 Å². The summed E-state index contributed by atoms with van der Waals surface area (Å²) in [5.41, 5.74) is 8.36. The Kier molecular flexibility index (Phi) is 3.67. The lowest BCUT2D eigenvalue weighted by atomic mass is 10.2. The molecule has 4 heteroatoms. The predicted molar refractivity (Wildman–Crippen MR) is 71.1 cm³/mol. The standard InChI is InChI=1S/C14H15FN2O/c1-18-14-8-11(6-7-12(14)15)17-9-10-4-2-3-5-13(10)16/h2-8,17H,9,16H2,1H3. The maximum absolute atomic E-state index is 13.2. The second-order valence-corrected chi connectivity index (χ2v) is 3.90. The van der Waals surface area contributed by atoms with Gasteiger partial charge in [0.05, 0.1) is 7.11 Å². The largest absolute Gasteiger partial charge is 0.494 e. The van der Waals surface area contributed by atoms with Crippen molar-refractivity contribution in [1.29, 1.82) is 0 Å². The van der Waals surface area contributed by atoms with Crippen LogP contribution in [0, 0.1) is 5.82 Å². The van der Waals surface area contributed by atoms with Gasteiger partial charge in [-0.25, -0.2) is 4.39 Å². The number of benzene rings is 2. The number of nitrogens with two attached hydrogens (primary N) is 1. The van der Waals surface area contributed by atoms with Crippen LogP contribution in [0.4, 0.5) is 15.8 Å². The Balaban J connectivity index is 2.09. The highest BCUT2D eigenvalue weighted by Gasteiger charge is 2.03. The van der Waals surface area contributed by atoms with Crippen LogP contribution < -0.4 is 15.8 Å². The van der Waals surface area contributed by atoms with Crippen LogP contribution in [0.3, 0.4) is 0 Å². The fourth-order valence-corrected chi connectivity index (χ4v) is 1.66. The van der Waals surface area contributed by atoms with E-state index in [1.807, 2.05) is 24.3 Å². The highest BCUT2D eigenvalue weighted by Crippen LogP contribution is 2.22. The summed E-state index contributed by atoms with van der Waals surface area (Å²) < 4.78 is 18.1. The van der Waals surface area contributed by atoms with Crippen molar-refractivity contribution < 1.29 is 9.13 Å². The molecule has 2 aromatic carbocycles. The first-order valence-corrected chi connectivity index (χ1v) is 5.61. The highest BCUT2D eigenvalue weighted by molar-refractivity contribution is 5.52. The van der Waals surface area contributed by atoms with Crippen molar-refractivity contribution in [2.75, 3.05) is 18.2 Å². The number of hydrogen-bond donors (Lipinski definition) is 2. The van der Waals surface area contributed by atoms with E-state index in [0.29, 0.717) is 6.54 Å². The van der Waals surface area contributed by atoms with Gasteiger partial charge in [0.15, 0.2) is 11.6 Å². The lowest BCUT2D eigenvalue weighted by molar-refractivity contribution is 0.387. The lowest BCUT2D eigenvalue weighted by Crippen LogP contribution is -2.03. The molecule has 0 aliphatic carbocycles. The van der Waals surface area contributed by atoms with Crippen molar-refractivity contribution in [2.45, 2.75) is 6.54 Å². The molecule has 2 aromatic rings. The number of rotatable bonds is 4. The van der Waals surface area contributed by atoms with Crippen LogP contribution in [0.2, 0.25) is 0 Å². The molecule has 0 saturated heterocycles. The van der Waals surface area contributed by atoms with Gasteiger partial charge in [-0.05, 0) is 23.8 Å². The van der Waals surface area contributed by atoms with Crippen molar-refractivity contribution in [3.05, 3.63) is 53.8 Å². The Bertz CT molecular complexity index is 543. The Morgan fingerprint density at radius 1 is 1.22 bits per heavy atom. The van der Waals surface area contributed by atoms with Crippen molar-refractivity contribution >= 4 is 11.4 Å². The van der Waals surface area contributed by atoms with Crippen LogP contribution >= 0.6 is 0 Å². The first kappa shape index (κ1) is 12.2. The average Bonchev–Trinajstić information content (AvgIpc) is 2.39. The molecular weight excluding hydrogens is 231 g/mol. The van der Waals surface area contributed by atoms with Crippen LogP contribution in [0.25, 0.3) is 0 Å². The van der Waals surface area contributed by atoms with Crippen molar-refractivity contribution in [2.24, 2.45) is 0 Å². The molecular formula is C14H15FN2O. The number of para-hydroxylation sites is 1. The van der Waals surface area contributed by atoms with Crippen LogP contribution in [0.5, 0.6) is 5.75 Å². The van der Waals surface area contributed by atoms with E-state index in [2.05, 4.69) is 5.32 Å². The van der Waals surface area contributed by atoms with Gasteiger partial charge in [0.1, 0.15) is 0 Å². The van der Waals surface area contributed by atoms with E-state index in [4.69, 9.17) is 10.5 Å². The molecule has 0 aliphatic rings. The van der Waals surface area contributed by atoms with E-state index in [1.165, 1.54) is 13.2 Å². The summed E-state index contributed by atoms with van der Waals surface area (Å²) in [5, 5.41) is 3.18. The van der Waals surface area contributed by atoms with E-state index in [1.54, 1.807) is 12.1 Å². The summed E-state index contributed by atoms with van der Waals surface area (Å²) in [6.45, 7) is 0.585. The molecule has 0 spiro atoms. The third-order valence-electron chi connectivity index (χ3n) is 2.69. The van der Waals surface area contributed by atoms with Gasteiger partial charge in [0.25, 0.3) is 0 Å². The zero-order chi connectivity index (χ0) is 13.0.